The summed E-state index contributed by atoms with van der Waals surface area (Å²) in [4.78, 5) is 8.88. The molecule has 0 fully saturated rings. The predicted molar refractivity (Wildman–Crippen MR) is 58.1 cm³/mol. The lowest BCUT2D eigenvalue weighted by Gasteiger charge is -2.04. The second-order valence-electron chi connectivity index (χ2n) is 3.56. The maximum atomic E-state index is 5.46. The van der Waals surface area contributed by atoms with Gasteiger partial charge in [-0.3, -0.25) is 0 Å². The third-order valence-corrected chi connectivity index (χ3v) is 2.06. The normalized spacial score (nSPS) is 10.5. The lowest BCUT2D eigenvalue weighted by molar-refractivity contribution is 0.754. The monoisotopic (exact) mass is 193 g/mol. The Morgan fingerprint density at radius 2 is 2.07 bits per heavy atom. The van der Waals surface area contributed by atoms with Crippen LogP contribution in [0.4, 0.5) is 0 Å². The van der Waals surface area contributed by atoms with E-state index in [0.29, 0.717) is 6.54 Å². The third kappa shape index (κ3) is 3.42. The Kier molecular flexibility index (Phi) is 4.53. The average Bonchev–Trinajstić information content (AvgIpc) is 2.14. The Labute approximate surface area is 85.8 Å². The van der Waals surface area contributed by atoms with E-state index in [9.17, 15) is 0 Å². The Morgan fingerprint density at radius 3 is 2.71 bits per heavy atom. The summed E-state index contributed by atoms with van der Waals surface area (Å²) in [5.41, 5.74) is 7.68. The van der Waals surface area contributed by atoms with Gasteiger partial charge in [-0.1, -0.05) is 13.3 Å². The Morgan fingerprint density at radius 1 is 1.29 bits per heavy atom. The molecule has 78 valence electrons. The van der Waals surface area contributed by atoms with Crippen LogP contribution in [-0.4, -0.2) is 16.5 Å². The van der Waals surface area contributed by atoms with Crippen LogP contribution in [-0.2, 0) is 12.8 Å². The highest BCUT2D eigenvalue weighted by molar-refractivity contribution is 5.10. The number of hydrogen-bond donors (Lipinski definition) is 1. The van der Waals surface area contributed by atoms with Gasteiger partial charge in [0.25, 0.3) is 0 Å². The van der Waals surface area contributed by atoms with Gasteiger partial charge in [0.15, 0.2) is 0 Å². The Hall–Kier alpha value is -0.960. The standard InChI is InChI=1S/C11H19N3/c1-3-5-10-8-9(2)13-11(14-10)6-4-7-12/h8H,3-7,12H2,1-2H3. The lowest BCUT2D eigenvalue weighted by Crippen LogP contribution is -2.05. The second-order valence-corrected chi connectivity index (χ2v) is 3.56. The first-order valence-electron chi connectivity index (χ1n) is 5.29. The van der Waals surface area contributed by atoms with E-state index < -0.39 is 0 Å². The van der Waals surface area contributed by atoms with Crippen molar-refractivity contribution in [1.82, 2.24) is 9.97 Å². The molecule has 0 saturated heterocycles. The maximum absolute atomic E-state index is 5.46. The highest BCUT2D eigenvalue weighted by Gasteiger charge is 2.01. The molecule has 0 aliphatic heterocycles. The molecule has 1 aromatic rings. The van der Waals surface area contributed by atoms with Crippen LogP contribution in [0.25, 0.3) is 0 Å². The molecule has 0 atom stereocenters. The zero-order valence-electron chi connectivity index (χ0n) is 9.08. The van der Waals surface area contributed by atoms with Gasteiger partial charge < -0.3 is 5.73 Å². The average molecular weight is 193 g/mol. The smallest absolute Gasteiger partial charge is 0.128 e. The van der Waals surface area contributed by atoms with Crippen molar-refractivity contribution in [2.24, 2.45) is 5.73 Å². The van der Waals surface area contributed by atoms with Gasteiger partial charge in [0.1, 0.15) is 5.82 Å². The SMILES string of the molecule is CCCc1cc(C)nc(CCCN)n1. The van der Waals surface area contributed by atoms with Crippen LogP contribution >= 0.6 is 0 Å². The molecule has 0 aliphatic rings. The van der Waals surface area contributed by atoms with Crippen molar-refractivity contribution < 1.29 is 0 Å². The van der Waals surface area contributed by atoms with Crippen molar-refractivity contribution in [3.63, 3.8) is 0 Å². The molecule has 3 heteroatoms. The molecule has 0 aromatic carbocycles. The van der Waals surface area contributed by atoms with Crippen LogP contribution in [0.3, 0.4) is 0 Å². The maximum Gasteiger partial charge on any atom is 0.128 e. The van der Waals surface area contributed by atoms with E-state index in [1.807, 2.05) is 6.92 Å². The summed E-state index contributed by atoms with van der Waals surface area (Å²) in [5, 5.41) is 0. The molecule has 0 radical (unpaired) electrons. The van der Waals surface area contributed by atoms with Gasteiger partial charge in [0.2, 0.25) is 0 Å². The van der Waals surface area contributed by atoms with Crippen molar-refractivity contribution in [3.05, 3.63) is 23.3 Å². The molecule has 0 unspecified atom stereocenters. The number of rotatable bonds is 5. The van der Waals surface area contributed by atoms with E-state index in [2.05, 4.69) is 23.0 Å². The molecule has 14 heavy (non-hydrogen) atoms. The highest BCUT2D eigenvalue weighted by atomic mass is 14.9. The number of aryl methyl sites for hydroxylation is 3. The molecule has 1 heterocycles. The molecule has 0 bridgehead atoms. The van der Waals surface area contributed by atoms with Crippen molar-refractivity contribution in [1.29, 1.82) is 0 Å². The molecule has 3 nitrogen and oxygen atoms in total. The first-order chi connectivity index (χ1) is 6.76. The van der Waals surface area contributed by atoms with Crippen LogP contribution in [0.1, 0.15) is 37.0 Å². The van der Waals surface area contributed by atoms with Gasteiger partial charge in [0, 0.05) is 17.8 Å². The molecule has 1 rings (SSSR count). The number of nitrogens with zero attached hydrogens (tertiary/aromatic N) is 2. The highest BCUT2D eigenvalue weighted by Crippen LogP contribution is 2.04. The van der Waals surface area contributed by atoms with Crippen LogP contribution in [0.2, 0.25) is 0 Å². The van der Waals surface area contributed by atoms with Gasteiger partial charge in [0.05, 0.1) is 0 Å². The summed E-state index contributed by atoms with van der Waals surface area (Å²) in [7, 11) is 0. The largest absolute Gasteiger partial charge is 0.330 e. The molecule has 1 aromatic heterocycles. The minimum atomic E-state index is 0.709. The van der Waals surface area contributed by atoms with Gasteiger partial charge in [-0.05, 0) is 32.4 Å². The first kappa shape index (κ1) is 11.1. The number of nitrogens with two attached hydrogens (primary N) is 1. The fourth-order valence-corrected chi connectivity index (χ4v) is 1.46. The Balaban J connectivity index is 2.73. The van der Waals surface area contributed by atoms with Crippen LogP contribution in [0, 0.1) is 6.92 Å². The van der Waals surface area contributed by atoms with E-state index in [0.717, 1.165) is 42.9 Å². The van der Waals surface area contributed by atoms with Crippen molar-refractivity contribution in [2.75, 3.05) is 6.54 Å². The summed E-state index contributed by atoms with van der Waals surface area (Å²) in [6.45, 7) is 4.89. The predicted octanol–water partition coefficient (Wildman–Crippen LogP) is 1.63. The van der Waals surface area contributed by atoms with Gasteiger partial charge >= 0.3 is 0 Å². The van der Waals surface area contributed by atoms with E-state index in [-0.39, 0.29) is 0 Å². The minimum absolute atomic E-state index is 0.709. The minimum Gasteiger partial charge on any atom is -0.330 e. The summed E-state index contributed by atoms with van der Waals surface area (Å²) >= 11 is 0. The van der Waals surface area contributed by atoms with Crippen LogP contribution in [0.15, 0.2) is 6.07 Å². The zero-order valence-corrected chi connectivity index (χ0v) is 9.08. The second kappa shape index (κ2) is 5.70. The van der Waals surface area contributed by atoms with E-state index >= 15 is 0 Å². The lowest BCUT2D eigenvalue weighted by atomic mass is 10.2. The van der Waals surface area contributed by atoms with Crippen molar-refractivity contribution >= 4 is 0 Å². The number of hydrogen-bond acceptors (Lipinski definition) is 3. The van der Waals surface area contributed by atoms with Crippen molar-refractivity contribution in [2.45, 2.75) is 39.5 Å². The zero-order chi connectivity index (χ0) is 10.4. The van der Waals surface area contributed by atoms with Gasteiger partial charge in [-0.2, -0.15) is 0 Å². The molecule has 0 spiro atoms. The fraction of sp³-hybridized carbons (Fsp3) is 0.636. The molecule has 0 saturated carbocycles. The molecule has 2 N–H and O–H groups in total. The Bertz CT molecular complexity index is 284. The summed E-state index contributed by atoms with van der Waals surface area (Å²) in [6.07, 6.45) is 4.04. The molecule has 0 aliphatic carbocycles. The summed E-state index contributed by atoms with van der Waals surface area (Å²) in [6, 6.07) is 2.06. The molecular formula is C11H19N3. The molecular weight excluding hydrogens is 174 g/mol. The first-order valence-corrected chi connectivity index (χ1v) is 5.29. The van der Waals surface area contributed by atoms with Crippen LogP contribution < -0.4 is 5.73 Å². The third-order valence-electron chi connectivity index (χ3n) is 2.06. The summed E-state index contributed by atoms with van der Waals surface area (Å²) in [5.74, 6) is 0.943. The van der Waals surface area contributed by atoms with Crippen molar-refractivity contribution in [3.8, 4) is 0 Å². The number of aromatic nitrogens is 2. The summed E-state index contributed by atoms with van der Waals surface area (Å²) < 4.78 is 0. The molecule has 0 amide bonds. The fourth-order valence-electron chi connectivity index (χ4n) is 1.46. The van der Waals surface area contributed by atoms with Gasteiger partial charge in [-0.25, -0.2) is 9.97 Å². The van der Waals surface area contributed by atoms with E-state index in [4.69, 9.17) is 5.73 Å². The van der Waals surface area contributed by atoms with E-state index in [1.165, 1.54) is 0 Å². The van der Waals surface area contributed by atoms with Crippen LogP contribution in [0.5, 0.6) is 0 Å². The topological polar surface area (TPSA) is 51.8 Å². The quantitative estimate of drug-likeness (QED) is 0.773. The van der Waals surface area contributed by atoms with E-state index in [1.54, 1.807) is 0 Å². The van der Waals surface area contributed by atoms with Gasteiger partial charge in [-0.15, -0.1) is 0 Å².